The molecule has 1 aliphatic heterocycles. The lowest BCUT2D eigenvalue weighted by atomic mass is 9.76. The first kappa shape index (κ1) is 24.8. The Balaban J connectivity index is 1.59. The summed E-state index contributed by atoms with van der Waals surface area (Å²) in [5, 5.41) is 2.70. The van der Waals surface area contributed by atoms with Gasteiger partial charge in [0.2, 0.25) is 10.9 Å². The molecule has 0 unspecified atom stereocenters. The smallest absolute Gasteiger partial charge is 0.377 e. The van der Waals surface area contributed by atoms with E-state index in [1.54, 1.807) is 0 Å². The van der Waals surface area contributed by atoms with Crippen molar-refractivity contribution in [3.63, 3.8) is 0 Å². The summed E-state index contributed by atoms with van der Waals surface area (Å²) in [6.07, 6.45) is -3.09. The van der Waals surface area contributed by atoms with E-state index in [0.717, 1.165) is 58.0 Å². The first-order valence-corrected chi connectivity index (χ1v) is 11.6. The Hall–Kier alpha value is -2.36. The molecule has 4 nitrogen and oxygen atoms in total. The van der Waals surface area contributed by atoms with Crippen molar-refractivity contribution in [1.29, 1.82) is 0 Å². The highest BCUT2D eigenvalue weighted by atomic mass is 19.4. The Morgan fingerprint density at radius 2 is 1.38 bits per heavy atom. The fourth-order valence-electron chi connectivity index (χ4n) is 5.39. The first-order chi connectivity index (χ1) is 16.0. The van der Waals surface area contributed by atoms with E-state index in [1.165, 1.54) is 0 Å². The van der Waals surface area contributed by atoms with Gasteiger partial charge in [-0.3, -0.25) is 14.5 Å². The van der Waals surface area contributed by atoms with Gasteiger partial charge in [-0.25, -0.2) is 0 Å². The van der Waals surface area contributed by atoms with Crippen LogP contribution in [0.3, 0.4) is 0 Å². The second kappa shape index (κ2) is 9.36. The van der Waals surface area contributed by atoms with E-state index in [-0.39, 0.29) is 29.3 Å². The molecule has 4 rings (SSSR count). The SMILES string of the molecule is O=c1c(NCc2cc(C(F)(F)F)cc(C(F)(F)F)c2)c([C@@H]2CCCC[C@H]2N2CCCCC2)c1=O. The van der Waals surface area contributed by atoms with Crippen LogP contribution in [0, 0.1) is 0 Å². The van der Waals surface area contributed by atoms with Gasteiger partial charge in [0.05, 0.1) is 16.8 Å². The highest BCUT2D eigenvalue weighted by molar-refractivity contribution is 5.59. The lowest BCUT2D eigenvalue weighted by molar-refractivity contribution is -0.143. The Bertz CT molecular complexity index is 1060. The molecular formula is C24H26F6N2O2. The molecule has 2 fully saturated rings. The molecule has 2 aliphatic rings. The van der Waals surface area contributed by atoms with Gasteiger partial charge in [-0.1, -0.05) is 19.3 Å². The number of anilines is 1. The van der Waals surface area contributed by atoms with Crippen molar-refractivity contribution in [2.45, 2.75) is 75.8 Å². The van der Waals surface area contributed by atoms with Crippen LogP contribution in [-0.2, 0) is 18.9 Å². The van der Waals surface area contributed by atoms with Crippen LogP contribution in [0.1, 0.15) is 73.1 Å². The zero-order valence-electron chi connectivity index (χ0n) is 18.5. The second-order valence-electron chi connectivity index (χ2n) is 9.27. The molecular weight excluding hydrogens is 462 g/mol. The van der Waals surface area contributed by atoms with Gasteiger partial charge in [0, 0.05) is 24.1 Å². The van der Waals surface area contributed by atoms with Crippen molar-refractivity contribution in [3.8, 4) is 0 Å². The number of nitrogens with zero attached hydrogens (tertiary/aromatic N) is 1. The number of halogens is 6. The van der Waals surface area contributed by atoms with E-state index in [4.69, 9.17) is 0 Å². The van der Waals surface area contributed by atoms with Crippen molar-refractivity contribution >= 4 is 5.69 Å². The third-order valence-corrected chi connectivity index (χ3v) is 7.02. The standard InChI is InChI=1S/C24H26F6N2O2/c25-23(26,27)15-10-14(11-16(12-15)24(28,29)30)13-31-20-19(21(33)22(20)34)17-6-2-3-7-18(17)32-8-4-1-5-9-32/h10-12,17-18,31H,1-9,13H2/t17-,18-/m1/s1. The molecule has 0 aromatic heterocycles. The van der Waals surface area contributed by atoms with Crippen LogP contribution < -0.4 is 16.2 Å². The zero-order chi connectivity index (χ0) is 24.7. The van der Waals surface area contributed by atoms with Crippen LogP contribution in [0.2, 0.25) is 0 Å². The summed E-state index contributed by atoms with van der Waals surface area (Å²) < 4.78 is 78.9. The van der Waals surface area contributed by atoms with Crippen molar-refractivity contribution in [2.24, 2.45) is 0 Å². The van der Waals surface area contributed by atoms with E-state index in [0.29, 0.717) is 17.7 Å². The molecule has 1 saturated heterocycles. The Kier molecular flexibility index (Phi) is 6.81. The number of alkyl halides is 6. The number of hydrogen-bond acceptors (Lipinski definition) is 4. The van der Waals surface area contributed by atoms with Crippen molar-refractivity contribution in [1.82, 2.24) is 4.90 Å². The van der Waals surface area contributed by atoms with Gasteiger partial charge in [0.1, 0.15) is 0 Å². The van der Waals surface area contributed by atoms with Gasteiger partial charge < -0.3 is 5.32 Å². The predicted molar refractivity (Wildman–Crippen MR) is 116 cm³/mol. The summed E-state index contributed by atoms with van der Waals surface area (Å²) in [6, 6.07) is 1.44. The lowest BCUT2D eigenvalue weighted by Crippen LogP contribution is -2.49. The molecule has 1 heterocycles. The molecule has 1 N–H and O–H groups in total. The number of piperidine rings is 1. The number of rotatable bonds is 5. The third kappa shape index (κ3) is 5.01. The van der Waals surface area contributed by atoms with Gasteiger partial charge in [0.25, 0.3) is 0 Å². The molecule has 186 valence electrons. The number of hydrogen-bond donors (Lipinski definition) is 1. The average molecular weight is 488 g/mol. The third-order valence-electron chi connectivity index (χ3n) is 7.02. The summed E-state index contributed by atoms with van der Waals surface area (Å²) in [4.78, 5) is 27.2. The summed E-state index contributed by atoms with van der Waals surface area (Å²) in [5.74, 6) is -0.160. The summed E-state index contributed by atoms with van der Waals surface area (Å²) >= 11 is 0. The fourth-order valence-corrected chi connectivity index (χ4v) is 5.39. The second-order valence-corrected chi connectivity index (χ2v) is 9.27. The molecule has 0 radical (unpaired) electrons. The maximum absolute atomic E-state index is 13.1. The average Bonchev–Trinajstić information content (AvgIpc) is 2.80. The highest BCUT2D eigenvalue weighted by Crippen LogP contribution is 2.39. The maximum Gasteiger partial charge on any atom is 0.416 e. The Morgan fingerprint density at radius 3 is 1.97 bits per heavy atom. The van der Waals surface area contributed by atoms with Crippen LogP contribution in [0.5, 0.6) is 0 Å². The normalized spacial score (nSPS) is 22.8. The monoisotopic (exact) mass is 488 g/mol. The fraction of sp³-hybridized carbons (Fsp3) is 0.583. The molecule has 1 aliphatic carbocycles. The van der Waals surface area contributed by atoms with Crippen molar-refractivity contribution < 1.29 is 26.3 Å². The quantitative estimate of drug-likeness (QED) is 0.450. The van der Waals surface area contributed by atoms with Crippen LogP contribution in [-0.4, -0.2) is 24.0 Å². The molecule has 0 bridgehead atoms. The lowest BCUT2D eigenvalue weighted by Gasteiger charge is -2.42. The Labute approximate surface area is 192 Å². The maximum atomic E-state index is 13.1. The molecule has 10 heteroatoms. The van der Waals surface area contributed by atoms with Gasteiger partial charge in [-0.2, -0.15) is 26.3 Å². The Morgan fingerprint density at radius 1 is 0.794 bits per heavy atom. The van der Waals surface area contributed by atoms with E-state index in [1.807, 2.05) is 0 Å². The molecule has 2 aromatic carbocycles. The minimum Gasteiger partial charge on any atom is -0.377 e. The summed E-state index contributed by atoms with van der Waals surface area (Å²) in [5.41, 5.74) is -4.08. The van der Waals surface area contributed by atoms with Gasteiger partial charge in [0.15, 0.2) is 0 Å². The largest absolute Gasteiger partial charge is 0.416 e. The van der Waals surface area contributed by atoms with E-state index >= 15 is 0 Å². The number of likely N-dealkylation sites (tertiary alicyclic amines) is 1. The van der Waals surface area contributed by atoms with Crippen molar-refractivity contribution in [3.05, 3.63) is 60.9 Å². The van der Waals surface area contributed by atoms with Gasteiger partial charge in [-0.15, -0.1) is 0 Å². The zero-order valence-corrected chi connectivity index (χ0v) is 18.5. The van der Waals surface area contributed by atoms with E-state index < -0.39 is 40.9 Å². The highest BCUT2D eigenvalue weighted by Gasteiger charge is 2.39. The summed E-state index contributed by atoms with van der Waals surface area (Å²) in [7, 11) is 0. The molecule has 0 spiro atoms. The molecule has 0 amide bonds. The van der Waals surface area contributed by atoms with Crippen LogP contribution >= 0.6 is 0 Å². The van der Waals surface area contributed by atoms with Gasteiger partial charge in [-0.05, 0) is 62.5 Å². The number of nitrogens with one attached hydrogen (secondary N) is 1. The van der Waals surface area contributed by atoms with Crippen molar-refractivity contribution in [2.75, 3.05) is 18.4 Å². The minimum atomic E-state index is -4.95. The topological polar surface area (TPSA) is 49.4 Å². The minimum absolute atomic E-state index is 0.0323. The van der Waals surface area contributed by atoms with E-state index in [9.17, 15) is 35.9 Å². The van der Waals surface area contributed by atoms with Crippen LogP contribution in [0.15, 0.2) is 27.8 Å². The van der Waals surface area contributed by atoms with E-state index in [2.05, 4.69) is 10.2 Å². The molecule has 34 heavy (non-hydrogen) atoms. The molecule has 1 saturated carbocycles. The van der Waals surface area contributed by atoms with Crippen LogP contribution in [0.4, 0.5) is 32.0 Å². The molecule has 2 aromatic rings. The predicted octanol–water partition coefficient (Wildman–Crippen LogP) is 5.44. The van der Waals surface area contributed by atoms with Crippen LogP contribution in [0.25, 0.3) is 0 Å². The molecule has 2 atom stereocenters. The first-order valence-electron chi connectivity index (χ1n) is 11.6. The number of benzene rings is 1. The van der Waals surface area contributed by atoms with Gasteiger partial charge >= 0.3 is 12.4 Å². The summed E-state index contributed by atoms with van der Waals surface area (Å²) in [6.45, 7) is 1.42.